The van der Waals surface area contributed by atoms with Crippen molar-refractivity contribution in [3.05, 3.63) is 53.6 Å². The predicted octanol–water partition coefficient (Wildman–Crippen LogP) is 1.45. The molecule has 82 valence electrons. The molecule has 0 aromatic carbocycles. The van der Waals surface area contributed by atoms with E-state index in [1.807, 2.05) is 6.92 Å². The van der Waals surface area contributed by atoms with Gasteiger partial charge < -0.3 is 10.8 Å². The van der Waals surface area contributed by atoms with Gasteiger partial charge in [-0.25, -0.2) is 0 Å². The van der Waals surface area contributed by atoms with E-state index < -0.39 is 6.10 Å². The van der Waals surface area contributed by atoms with Gasteiger partial charge in [-0.3, -0.25) is 9.97 Å². The van der Waals surface area contributed by atoms with Crippen LogP contribution in [-0.2, 0) is 0 Å². The molecule has 2 heterocycles. The van der Waals surface area contributed by atoms with Gasteiger partial charge in [0.25, 0.3) is 0 Å². The number of hydrogen-bond acceptors (Lipinski definition) is 4. The number of nitrogen functional groups attached to an aromatic ring is 1. The molecule has 0 radical (unpaired) electrons. The van der Waals surface area contributed by atoms with Crippen molar-refractivity contribution >= 4 is 5.69 Å². The van der Waals surface area contributed by atoms with Crippen LogP contribution < -0.4 is 5.73 Å². The molecule has 2 aromatic heterocycles. The summed E-state index contributed by atoms with van der Waals surface area (Å²) >= 11 is 0. The lowest BCUT2D eigenvalue weighted by molar-refractivity contribution is 0.220. The van der Waals surface area contributed by atoms with Gasteiger partial charge in [-0.2, -0.15) is 0 Å². The minimum atomic E-state index is -0.753. The first-order chi connectivity index (χ1) is 7.70. The molecule has 0 saturated carbocycles. The maximum Gasteiger partial charge on any atom is 0.108 e. The Hall–Kier alpha value is -1.94. The average Bonchev–Trinajstić information content (AvgIpc) is 2.29. The predicted molar refractivity (Wildman–Crippen MR) is 61.7 cm³/mol. The molecule has 0 saturated heterocycles. The van der Waals surface area contributed by atoms with Crippen molar-refractivity contribution < 1.29 is 5.11 Å². The number of rotatable bonds is 2. The number of aromatic nitrogens is 2. The highest BCUT2D eigenvalue weighted by Crippen LogP contribution is 2.27. The van der Waals surface area contributed by atoms with E-state index >= 15 is 0 Å². The van der Waals surface area contributed by atoms with Gasteiger partial charge in [0.15, 0.2) is 0 Å². The minimum Gasteiger partial charge on any atom is -0.398 e. The third-order valence-electron chi connectivity index (χ3n) is 2.54. The van der Waals surface area contributed by atoms with Gasteiger partial charge in [0.1, 0.15) is 6.10 Å². The second kappa shape index (κ2) is 4.28. The maximum atomic E-state index is 10.2. The van der Waals surface area contributed by atoms with E-state index in [9.17, 15) is 5.11 Å². The zero-order valence-electron chi connectivity index (χ0n) is 8.96. The Bertz CT molecular complexity index is 454. The van der Waals surface area contributed by atoms with Crippen LogP contribution in [0.15, 0.2) is 36.9 Å². The number of hydrogen-bond donors (Lipinski definition) is 2. The number of nitrogens with zero attached hydrogens (tertiary/aromatic N) is 2. The van der Waals surface area contributed by atoms with Gasteiger partial charge in [0.05, 0.1) is 0 Å². The first-order valence-electron chi connectivity index (χ1n) is 4.98. The van der Waals surface area contributed by atoms with Crippen LogP contribution in [0.2, 0.25) is 0 Å². The number of nitrogens with two attached hydrogens (primary N) is 1. The minimum absolute atomic E-state index is 0.540. The van der Waals surface area contributed by atoms with Gasteiger partial charge in [0, 0.05) is 36.0 Å². The molecule has 1 unspecified atom stereocenters. The number of anilines is 1. The highest BCUT2D eigenvalue weighted by atomic mass is 16.3. The Morgan fingerprint density at radius 2 is 1.81 bits per heavy atom. The first kappa shape index (κ1) is 10.6. The summed E-state index contributed by atoms with van der Waals surface area (Å²) in [6, 6.07) is 3.46. The molecule has 0 aliphatic heterocycles. The molecule has 16 heavy (non-hydrogen) atoms. The Labute approximate surface area is 93.8 Å². The summed E-state index contributed by atoms with van der Waals surface area (Å²) in [7, 11) is 0. The molecule has 1 atom stereocenters. The zero-order chi connectivity index (χ0) is 11.5. The van der Waals surface area contributed by atoms with Gasteiger partial charge in [-0.15, -0.1) is 0 Å². The Balaban J connectivity index is 2.44. The summed E-state index contributed by atoms with van der Waals surface area (Å²) in [5, 5.41) is 10.2. The Morgan fingerprint density at radius 3 is 2.50 bits per heavy atom. The fourth-order valence-electron chi connectivity index (χ4n) is 1.60. The summed E-state index contributed by atoms with van der Waals surface area (Å²) in [5.74, 6) is 0. The largest absolute Gasteiger partial charge is 0.398 e. The third kappa shape index (κ3) is 1.87. The fourth-order valence-corrected chi connectivity index (χ4v) is 1.60. The topological polar surface area (TPSA) is 72.0 Å². The van der Waals surface area contributed by atoms with Crippen molar-refractivity contribution in [3.8, 4) is 0 Å². The molecule has 0 fully saturated rings. The van der Waals surface area contributed by atoms with Crippen LogP contribution in [0.5, 0.6) is 0 Å². The van der Waals surface area contributed by atoms with Crippen molar-refractivity contribution in [2.24, 2.45) is 0 Å². The second-order valence-corrected chi connectivity index (χ2v) is 3.64. The highest BCUT2D eigenvalue weighted by molar-refractivity contribution is 5.49. The molecular weight excluding hydrogens is 202 g/mol. The molecule has 2 aromatic rings. The van der Waals surface area contributed by atoms with E-state index in [1.165, 1.54) is 0 Å². The maximum absolute atomic E-state index is 10.2. The summed E-state index contributed by atoms with van der Waals surface area (Å²) < 4.78 is 0. The number of aryl methyl sites for hydroxylation is 1. The van der Waals surface area contributed by atoms with E-state index in [2.05, 4.69) is 9.97 Å². The second-order valence-electron chi connectivity index (χ2n) is 3.64. The van der Waals surface area contributed by atoms with Gasteiger partial charge in [-0.1, -0.05) is 0 Å². The van der Waals surface area contributed by atoms with Gasteiger partial charge >= 0.3 is 0 Å². The van der Waals surface area contributed by atoms with Gasteiger partial charge in [0.2, 0.25) is 0 Å². The number of aliphatic hydroxyl groups is 1. The van der Waals surface area contributed by atoms with Crippen molar-refractivity contribution in [3.63, 3.8) is 0 Å². The average molecular weight is 215 g/mol. The van der Waals surface area contributed by atoms with Crippen molar-refractivity contribution in [1.82, 2.24) is 9.97 Å². The third-order valence-corrected chi connectivity index (χ3v) is 2.54. The van der Waals surface area contributed by atoms with Crippen LogP contribution in [0, 0.1) is 6.92 Å². The highest BCUT2D eigenvalue weighted by Gasteiger charge is 2.15. The molecule has 0 spiro atoms. The van der Waals surface area contributed by atoms with Crippen LogP contribution in [0.3, 0.4) is 0 Å². The zero-order valence-corrected chi connectivity index (χ0v) is 8.96. The lowest BCUT2D eigenvalue weighted by Crippen LogP contribution is -2.06. The normalized spacial score (nSPS) is 12.4. The van der Waals surface area contributed by atoms with E-state index in [0.717, 1.165) is 11.1 Å². The van der Waals surface area contributed by atoms with Crippen LogP contribution in [-0.4, -0.2) is 15.1 Å². The monoisotopic (exact) mass is 215 g/mol. The van der Waals surface area contributed by atoms with E-state index in [-0.39, 0.29) is 0 Å². The lowest BCUT2D eigenvalue weighted by Gasteiger charge is -2.14. The molecular formula is C12H13N3O. The standard InChI is InChI=1S/C12H13N3O/c1-8-6-14-4-2-9(8)12(16)10-7-15-5-3-11(10)13/h2-7,12,16H,1H3,(H2,13,15). The molecule has 0 aliphatic rings. The molecule has 4 nitrogen and oxygen atoms in total. The molecule has 0 amide bonds. The Kier molecular flexibility index (Phi) is 2.83. The number of pyridine rings is 2. The van der Waals surface area contributed by atoms with Crippen molar-refractivity contribution in [1.29, 1.82) is 0 Å². The summed E-state index contributed by atoms with van der Waals surface area (Å²) in [5.41, 5.74) is 8.69. The van der Waals surface area contributed by atoms with Crippen LogP contribution in [0.1, 0.15) is 22.8 Å². The fraction of sp³-hybridized carbons (Fsp3) is 0.167. The van der Waals surface area contributed by atoms with Crippen molar-refractivity contribution in [2.75, 3.05) is 5.73 Å². The summed E-state index contributed by atoms with van der Waals surface area (Å²) in [6.45, 7) is 1.90. The van der Waals surface area contributed by atoms with Crippen molar-refractivity contribution in [2.45, 2.75) is 13.0 Å². The summed E-state index contributed by atoms with van der Waals surface area (Å²) in [4.78, 5) is 7.95. The molecule has 0 bridgehead atoms. The van der Waals surface area contributed by atoms with E-state index in [4.69, 9.17) is 5.73 Å². The van der Waals surface area contributed by atoms with E-state index in [0.29, 0.717) is 11.3 Å². The van der Waals surface area contributed by atoms with Crippen LogP contribution in [0.25, 0.3) is 0 Å². The molecule has 3 N–H and O–H groups in total. The summed E-state index contributed by atoms with van der Waals surface area (Å²) in [6.07, 6.45) is 5.80. The lowest BCUT2D eigenvalue weighted by atomic mass is 9.99. The molecule has 4 heteroatoms. The number of aliphatic hydroxyl groups excluding tert-OH is 1. The molecule has 0 aliphatic carbocycles. The van der Waals surface area contributed by atoms with Crippen LogP contribution >= 0.6 is 0 Å². The van der Waals surface area contributed by atoms with Crippen LogP contribution in [0.4, 0.5) is 5.69 Å². The van der Waals surface area contributed by atoms with E-state index in [1.54, 1.807) is 36.9 Å². The quantitative estimate of drug-likeness (QED) is 0.795. The SMILES string of the molecule is Cc1cnccc1C(O)c1cnccc1N. The first-order valence-corrected chi connectivity index (χ1v) is 4.98. The smallest absolute Gasteiger partial charge is 0.108 e. The Morgan fingerprint density at radius 1 is 1.12 bits per heavy atom. The molecule has 2 rings (SSSR count). The van der Waals surface area contributed by atoms with Gasteiger partial charge in [-0.05, 0) is 30.2 Å².